The molecule has 0 atom stereocenters. The molecule has 0 amide bonds. The standard InChI is InChI=1S/C8H14O/c1-3-4-5-6-7-8-9-2/h3,7-8H,1,4-6H2,2H3/b8-7+. The van der Waals surface area contributed by atoms with Crippen molar-refractivity contribution in [1.29, 1.82) is 0 Å². The van der Waals surface area contributed by atoms with E-state index >= 15 is 0 Å². The fourth-order valence-electron chi connectivity index (χ4n) is 0.544. The molecular weight excluding hydrogens is 112 g/mol. The second-order valence-electron chi connectivity index (χ2n) is 1.83. The lowest BCUT2D eigenvalue weighted by Crippen LogP contribution is -1.69. The van der Waals surface area contributed by atoms with Crippen LogP contribution in [0.25, 0.3) is 0 Å². The van der Waals surface area contributed by atoms with Crippen molar-refractivity contribution < 1.29 is 4.74 Å². The predicted octanol–water partition coefficient (Wildman–Crippen LogP) is 2.50. The van der Waals surface area contributed by atoms with Gasteiger partial charge in [-0.05, 0) is 25.3 Å². The SMILES string of the molecule is C=CCCC/C=C/OC. The van der Waals surface area contributed by atoms with Crippen LogP contribution in [0.5, 0.6) is 0 Å². The van der Waals surface area contributed by atoms with E-state index in [0.717, 1.165) is 12.8 Å². The molecule has 9 heavy (non-hydrogen) atoms. The Kier molecular flexibility index (Phi) is 6.70. The second-order valence-corrected chi connectivity index (χ2v) is 1.83. The molecule has 0 rings (SSSR count). The second kappa shape index (κ2) is 7.28. The Morgan fingerprint density at radius 2 is 2.22 bits per heavy atom. The molecule has 0 bridgehead atoms. The molecule has 0 saturated heterocycles. The van der Waals surface area contributed by atoms with Crippen molar-refractivity contribution in [1.82, 2.24) is 0 Å². The van der Waals surface area contributed by atoms with Crippen LogP contribution in [0.3, 0.4) is 0 Å². The Morgan fingerprint density at radius 1 is 1.44 bits per heavy atom. The third-order valence-corrected chi connectivity index (χ3v) is 1.01. The molecule has 0 aliphatic rings. The van der Waals surface area contributed by atoms with Crippen LogP contribution in [0.15, 0.2) is 25.0 Å². The Hall–Kier alpha value is -0.720. The number of ether oxygens (including phenoxy) is 1. The van der Waals surface area contributed by atoms with E-state index < -0.39 is 0 Å². The summed E-state index contributed by atoms with van der Waals surface area (Å²) in [6.45, 7) is 3.62. The topological polar surface area (TPSA) is 9.23 Å². The first kappa shape index (κ1) is 8.28. The maximum Gasteiger partial charge on any atom is 0.0784 e. The summed E-state index contributed by atoms with van der Waals surface area (Å²) in [4.78, 5) is 0. The van der Waals surface area contributed by atoms with Crippen LogP contribution in [0, 0.1) is 0 Å². The van der Waals surface area contributed by atoms with Crippen LogP contribution < -0.4 is 0 Å². The fraction of sp³-hybridized carbons (Fsp3) is 0.500. The van der Waals surface area contributed by atoms with Gasteiger partial charge < -0.3 is 4.74 Å². The highest BCUT2D eigenvalue weighted by Crippen LogP contribution is 1.95. The molecule has 0 aromatic carbocycles. The average Bonchev–Trinajstić information content (AvgIpc) is 1.89. The Labute approximate surface area is 57.0 Å². The van der Waals surface area contributed by atoms with Gasteiger partial charge >= 0.3 is 0 Å². The van der Waals surface area contributed by atoms with E-state index in [2.05, 4.69) is 6.58 Å². The van der Waals surface area contributed by atoms with Crippen LogP contribution in [-0.4, -0.2) is 7.11 Å². The minimum Gasteiger partial charge on any atom is -0.505 e. The van der Waals surface area contributed by atoms with Crippen molar-refractivity contribution in [2.24, 2.45) is 0 Å². The first-order valence-corrected chi connectivity index (χ1v) is 3.20. The lowest BCUT2D eigenvalue weighted by molar-refractivity contribution is 0.336. The van der Waals surface area contributed by atoms with Crippen molar-refractivity contribution in [2.75, 3.05) is 7.11 Å². The highest BCUT2D eigenvalue weighted by atomic mass is 16.5. The minimum atomic E-state index is 1.08. The number of allylic oxidation sites excluding steroid dienone is 2. The largest absolute Gasteiger partial charge is 0.505 e. The maximum atomic E-state index is 4.72. The summed E-state index contributed by atoms with van der Waals surface area (Å²) in [6, 6.07) is 0. The summed E-state index contributed by atoms with van der Waals surface area (Å²) in [5, 5.41) is 0. The van der Waals surface area contributed by atoms with Crippen LogP contribution in [0.1, 0.15) is 19.3 Å². The molecule has 0 aliphatic heterocycles. The van der Waals surface area contributed by atoms with Gasteiger partial charge in [-0.3, -0.25) is 0 Å². The summed E-state index contributed by atoms with van der Waals surface area (Å²) in [5.74, 6) is 0. The van der Waals surface area contributed by atoms with E-state index in [1.807, 2.05) is 12.2 Å². The van der Waals surface area contributed by atoms with Crippen LogP contribution in [-0.2, 0) is 4.74 Å². The molecule has 0 N–H and O–H groups in total. The first-order valence-electron chi connectivity index (χ1n) is 3.20. The molecule has 0 aromatic rings. The molecule has 0 unspecified atom stereocenters. The van der Waals surface area contributed by atoms with E-state index in [1.54, 1.807) is 13.4 Å². The normalized spacial score (nSPS) is 9.89. The van der Waals surface area contributed by atoms with Gasteiger partial charge in [-0.25, -0.2) is 0 Å². The Bertz CT molecular complexity index is 84.6. The summed E-state index contributed by atoms with van der Waals surface area (Å²) in [6.07, 6.45) is 9.00. The summed E-state index contributed by atoms with van der Waals surface area (Å²) in [7, 11) is 1.66. The predicted molar refractivity (Wildman–Crippen MR) is 40.2 cm³/mol. The monoisotopic (exact) mass is 126 g/mol. The molecule has 1 nitrogen and oxygen atoms in total. The van der Waals surface area contributed by atoms with Gasteiger partial charge in [0.05, 0.1) is 13.4 Å². The lowest BCUT2D eigenvalue weighted by atomic mass is 10.2. The van der Waals surface area contributed by atoms with Gasteiger partial charge in [0.2, 0.25) is 0 Å². The zero-order valence-electron chi connectivity index (χ0n) is 5.97. The van der Waals surface area contributed by atoms with E-state index in [9.17, 15) is 0 Å². The highest BCUT2D eigenvalue weighted by Gasteiger charge is 1.77. The third kappa shape index (κ3) is 7.28. The molecule has 0 radical (unpaired) electrons. The third-order valence-electron chi connectivity index (χ3n) is 1.01. The van der Waals surface area contributed by atoms with Gasteiger partial charge in [0, 0.05) is 0 Å². The number of unbranched alkanes of at least 4 members (excludes halogenated alkanes) is 2. The van der Waals surface area contributed by atoms with Crippen molar-refractivity contribution in [2.45, 2.75) is 19.3 Å². The molecular formula is C8H14O. The number of rotatable bonds is 5. The van der Waals surface area contributed by atoms with Gasteiger partial charge in [0.1, 0.15) is 0 Å². The zero-order chi connectivity index (χ0) is 6.95. The first-order chi connectivity index (χ1) is 4.41. The zero-order valence-corrected chi connectivity index (χ0v) is 5.97. The van der Waals surface area contributed by atoms with E-state index in [-0.39, 0.29) is 0 Å². The molecule has 0 fully saturated rings. The van der Waals surface area contributed by atoms with Gasteiger partial charge in [0.25, 0.3) is 0 Å². The molecule has 0 saturated carbocycles. The molecule has 0 aromatic heterocycles. The lowest BCUT2D eigenvalue weighted by Gasteiger charge is -1.88. The Morgan fingerprint density at radius 3 is 2.78 bits per heavy atom. The highest BCUT2D eigenvalue weighted by molar-refractivity contribution is 4.75. The number of hydrogen-bond acceptors (Lipinski definition) is 1. The van der Waals surface area contributed by atoms with Crippen LogP contribution in [0.4, 0.5) is 0 Å². The maximum absolute atomic E-state index is 4.72. The summed E-state index contributed by atoms with van der Waals surface area (Å²) < 4.78 is 4.72. The van der Waals surface area contributed by atoms with Crippen molar-refractivity contribution in [3.8, 4) is 0 Å². The molecule has 0 aliphatic carbocycles. The molecule has 0 spiro atoms. The van der Waals surface area contributed by atoms with Gasteiger partial charge in [-0.15, -0.1) is 6.58 Å². The van der Waals surface area contributed by atoms with Gasteiger partial charge in [-0.1, -0.05) is 6.08 Å². The minimum absolute atomic E-state index is 1.08. The smallest absolute Gasteiger partial charge is 0.0784 e. The number of hydrogen-bond donors (Lipinski definition) is 0. The van der Waals surface area contributed by atoms with E-state index in [0.29, 0.717) is 0 Å². The average molecular weight is 126 g/mol. The van der Waals surface area contributed by atoms with E-state index in [4.69, 9.17) is 4.74 Å². The Balaban J connectivity index is 2.90. The van der Waals surface area contributed by atoms with Crippen molar-refractivity contribution >= 4 is 0 Å². The van der Waals surface area contributed by atoms with Crippen molar-refractivity contribution in [3.05, 3.63) is 25.0 Å². The molecule has 1 heteroatoms. The van der Waals surface area contributed by atoms with Crippen LogP contribution >= 0.6 is 0 Å². The summed E-state index contributed by atoms with van der Waals surface area (Å²) in [5.41, 5.74) is 0. The quantitative estimate of drug-likeness (QED) is 0.312. The fourth-order valence-corrected chi connectivity index (χ4v) is 0.544. The summed E-state index contributed by atoms with van der Waals surface area (Å²) >= 11 is 0. The number of methoxy groups -OCH3 is 1. The van der Waals surface area contributed by atoms with Gasteiger partial charge in [0.15, 0.2) is 0 Å². The van der Waals surface area contributed by atoms with Crippen LogP contribution in [0.2, 0.25) is 0 Å². The molecule has 0 heterocycles. The van der Waals surface area contributed by atoms with E-state index in [1.165, 1.54) is 6.42 Å². The van der Waals surface area contributed by atoms with Crippen molar-refractivity contribution in [3.63, 3.8) is 0 Å². The molecule has 52 valence electrons. The van der Waals surface area contributed by atoms with Gasteiger partial charge in [-0.2, -0.15) is 0 Å².